The van der Waals surface area contributed by atoms with Crippen LogP contribution in [0.5, 0.6) is 0 Å². The summed E-state index contributed by atoms with van der Waals surface area (Å²) >= 11 is 0.875. The van der Waals surface area contributed by atoms with Crippen LogP contribution in [0.1, 0.15) is 6.92 Å². The summed E-state index contributed by atoms with van der Waals surface area (Å²) in [4.78, 5) is 12.0. The Morgan fingerprint density at radius 1 is 2.00 bits per heavy atom. The summed E-state index contributed by atoms with van der Waals surface area (Å²) in [6.07, 6.45) is 0. The monoisotopic (exact) mass is 106 g/mol. The Hall–Kier alpha value is -0.0600. The minimum Gasteiger partial charge on any atom is -0.286 e. The molecule has 0 aliphatic carbocycles. The molecule has 3 N–H and O–H groups in total. The van der Waals surface area contributed by atoms with Crippen LogP contribution in [-0.4, -0.2) is 5.12 Å². The van der Waals surface area contributed by atoms with Crippen LogP contribution in [0.4, 0.5) is 0 Å². The Morgan fingerprint density at radius 2 is 2.50 bits per heavy atom. The Morgan fingerprint density at radius 3 is 2.50 bits per heavy atom. The van der Waals surface area contributed by atoms with Gasteiger partial charge in [-0.25, -0.2) is 0 Å². The van der Waals surface area contributed by atoms with Crippen molar-refractivity contribution in [2.24, 2.45) is 5.84 Å². The van der Waals surface area contributed by atoms with Crippen LogP contribution in [0.2, 0.25) is 0 Å². The van der Waals surface area contributed by atoms with E-state index in [9.17, 15) is 4.79 Å². The van der Waals surface area contributed by atoms with Crippen LogP contribution in [0.25, 0.3) is 0 Å². The average Bonchev–Trinajstić information content (AvgIpc) is 1.35. The van der Waals surface area contributed by atoms with Crippen molar-refractivity contribution >= 4 is 17.1 Å². The standard InChI is InChI=1S/C2H6N2OS/c1-2(5)6-4-3/h4H,3H2,1H3. The lowest BCUT2D eigenvalue weighted by molar-refractivity contribution is -0.109. The smallest absolute Gasteiger partial charge is 0.201 e. The van der Waals surface area contributed by atoms with Gasteiger partial charge in [0.15, 0.2) is 0 Å². The first-order valence-corrected chi connectivity index (χ1v) is 2.22. The van der Waals surface area contributed by atoms with Crippen LogP contribution in [0.15, 0.2) is 0 Å². The molecule has 0 saturated carbocycles. The van der Waals surface area contributed by atoms with Crippen molar-refractivity contribution in [3.05, 3.63) is 0 Å². The summed E-state index contributed by atoms with van der Waals surface area (Å²) in [6, 6.07) is 0. The van der Waals surface area contributed by atoms with Gasteiger partial charge in [-0.15, -0.1) is 0 Å². The van der Waals surface area contributed by atoms with Gasteiger partial charge in [0.1, 0.15) is 0 Å². The molecule has 0 fully saturated rings. The molecule has 3 nitrogen and oxygen atoms in total. The maximum atomic E-state index is 9.86. The molecule has 4 heteroatoms. The molecule has 0 aromatic rings. The maximum absolute atomic E-state index is 9.86. The van der Waals surface area contributed by atoms with E-state index in [4.69, 9.17) is 5.84 Å². The largest absolute Gasteiger partial charge is 0.286 e. The highest BCUT2D eigenvalue weighted by Gasteiger charge is 1.83. The number of carbonyl (C=O) groups excluding carboxylic acids is 1. The average molecular weight is 106 g/mol. The van der Waals surface area contributed by atoms with Gasteiger partial charge in [0.05, 0.1) is 0 Å². The zero-order valence-electron chi connectivity index (χ0n) is 3.39. The Labute approximate surface area is 40.4 Å². The van der Waals surface area contributed by atoms with Crippen LogP contribution < -0.4 is 10.7 Å². The van der Waals surface area contributed by atoms with Crippen molar-refractivity contribution in [3.8, 4) is 0 Å². The van der Waals surface area contributed by atoms with E-state index in [0.717, 1.165) is 11.9 Å². The molecule has 0 heterocycles. The zero-order chi connectivity index (χ0) is 4.99. The highest BCUT2D eigenvalue weighted by atomic mass is 32.2. The third-order valence-corrected chi connectivity index (χ3v) is 0.608. The predicted octanol–water partition coefficient (Wildman–Crippen LogP) is -0.356. The fourth-order valence-electron chi connectivity index (χ4n) is 0.0830. The topological polar surface area (TPSA) is 55.1 Å². The molecule has 6 heavy (non-hydrogen) atoms. The van der Waals surface area contributed by atoms with Crippen LogP contribution in [-0.2, 0) is 4.79 Å². The Bertz CT molecular complexity index is 55.5. The van der Waals surface area contributed by atoms with E-state index >= 15 is 0 Å². The molecule has 0 radical (unpaired) electrons. The molecule has 0 saturated heterocycles. The molecule has 0 aliphatic rings. The van der Waals surface area contributed by atoms with Gasteiger partial charge in [-0.05, 0) is 0 Å². The summed E-state index contributed by atoms with van der Waals surface area (Å²) in [5.41, 5.74) is 0. The first-order valence-electron chi connectivity index (χ1n) is 1.40. The van der Waals surface area contributed by atoms with E-state index in [2.05, 4.69) is 4.83 Å². The maximum Gasteiger partial charge on any atom is 0.201 e. The molecule has 0 rings (SSSR count). The van der Waals surface area contributed by atoms with E-state index in [1.54, 1.807) is 0 Å². The second-order valence-corrected chi connectivity index (χ2v) is 1.73. The number of carbonyl (C=O) groups is 1. The minimum atomic E-state index is -0.0301. The third-order valence-electron chi connectivity index (χ3n) is 0.203. The van der Waals surface area contributed by atoms with Gasteiger partial charge in [0, 0.05) is 18.9 Å². The summed E-state index contributed by atoms with van der Waals surface area (Å²) in [7, 11) is 0. The molecule has 0 spiro atoms. The lowest BCUT2D eigenvalue weighted by atomic mass is 10.9. The number of nitrogens with one attached hydrogen (secondary N) is 1. The zero-order valence-corrected chi connectivity index (χ0v) is 4.21. The van der Waals surface area contributed by atoms with Crippen LogP contribution in [0.3, 0.4) is 0 Å². The second kappa shape index (κ2) is 3.14. The molecule has 0 bridgehead atoms. The summed E-state index contributed by atoms with van der Waals surface area (Å²) in [5.74, 6) is 4.72. The van der Waals surface area contributed by atoms with Gasteiger partial charge < -0.3 is 0 Å². The van der Waals surface area contributed by atoms with Crippen molar-refractivity contribution in [2.75, 3.05) is 0 Å². The van der Waals surface area contributed by atoms with Gasteiger partial charge in [-0.3, -0.25) is 10.6 Å². The highest BCUT2D eigenvalue weighted by Crippen LogP contribution is 1.86. The summed E-state index contributed by atoms with van der Waals surface area (Å²) < 4.78 is 0. The second-order valence-electron chi connectivity index (χ2n) is 0.711. The lowest BCUT2D eigenvalue weighted by Crippen LogP contribution is -2.13. The molecule has 0 aliphatic heterocycles. The normalized spacial score (nSPS) is 8.33. The van der Waals surface area contributed by atoms with E-state index in [0.29, 0.717) is 0 Å². The van der Waals surface area contributed by atoms with Gasteiger partial charge in [-0.2, -0.15) is 4.83 Å². The molecular weight excluding hydrogens is 100 g/mol. The SMILES string of the molecule is CC(=O)SNN. The van der Waals surface area contributed by atoms with Crippen molar-refractivity contribution < 1.29 is 4.79 Å². The number of hydrogen-bond acceptors (Lipinski definition) is 4. The molecule has 0 unspecified atom stereocenters. The Balaban J connectivity index is 2.83. The molecule has 0 aromatic carbocycles. The fourth-order valence-corrected chi connectivity index (χ4v) is 0.249. The number of hydrogen-bond donors (Lipinski definition) is 2. The van der Waals surface area contributed by atoms with Crippen molar-refractivity contribution in [3.63, 3.8) is 0 Å². The molecule has 0 atom stereocenters. The van der Waals surface area contributed by atoms with Gasteiger partial charge in [0.25, 0.3) is 0 Å². The highest BCUT2D eigenvalue weighted by molar-refractivity contribution is 8.11. The fraction of sp³-hybridized carbons (Fsp3) is 0.500. The summed E-state index contributed by atoms with van der Waals surface area (Å²) in [6.45, 7) is 1.44. The van der Waals surface area contributed by atoms with E-state index < -0.39 is 0 Å². The number of rotatable bonds is 1. The van der Waals surface area contributed by atoms with Crippen molar-refractivity contribution in [2.45, 2.75) is 6.92 Å². The van der Waals surface area contributed by atoms with Crippen LogP contribution in [0, 0.1) is 0 Å². The van der Waals surface area contributed by atoms with Crippen molar-refractivity contribution in [1.29, 1.82) is 0 Å². The number of hydrazine groups is 1. The van der Waals surface area contributed by atoms with Crippen molar-refractivity contribution in [1.82, 2.24) is 4.83 Å². The lowest BCUT2D eigenvalue weighted by Gasteiger charge is -1.84. The van der Waals surface area contributed by atoms with E-state index in [-0.39, 0.29) is 5.12 Å². The van der Waals surface area contributed by atoms with E-state index in [1.165, 1.54) is 6.92 Å². The van der Waals surface area contributed by atoms with Gasteiger partial charge in [0.2, 0.25) is 5.12 Å². The molecule has 0 amide bonds. The molecule has 36 valence electrons. The number of nitrogens with two attached hydrogens (primary N) is 1. The first kappa shape index (κ1) is 5.94. The first-order chi connectivity index (χ1) is 2.77. The van der Waals surface area contributed by atoms with Gasteiger partial charge in [-0.1, -0.05) is 0 Å². The molecule has 0 aromatic heterocycles. The van der Waals surface area contributed by atoms with Crippen LogP contribution >= 0.6 is 11.9 Å². The minimum absolute atomic E-state index is 0.0301. The van der Waals surface area contributed by atoms with Gasteiger partial charge >= 0.3 is 0 Å². The quantitative estimate of drug-likeness (QED) is 0.272. The summed E-state index contributed by atoms with van der Waals surface area (Å²) in [5, 5.41) is -0.0301. The predicted molar refractivity (Wildman–Crippen MR) is 25.6 cm³/mol. The Kier molecular flexibility index (Phi) is 3.11. The molecular formula is C2H6N2OS. The van der Waals surface area contributed by atoms with E-state index in [1.807, 2.05) is 0 Å². The third kappa shape index (κ3) is 3.94.